The van der Waals surface area contributed by atoms with Gasteiger partial charge in [-0.3, -0.25) is 4.79 Å². The summed E-state index contributed by atoms with van der Waals surface area (Å²) in [5, 5.41) is 17.1. The molecule has 3 atom stereocenters. The summed E-state index contributed by atoms with van der Waals surface area (Å²) >= 11 is 0. The molecule has 9 heavy (non-hydrogen) atoms. The van der Waals surface area contributed by atoms with Gasteiger partial charge in [-0.2, -0.15) is 0 Å². The molecule has 0 radical (unpaired) electrons. The molecule has 4 heteroatoms. The fourth-order valence-electron chi connectivity index (χ4n) is 0.912. The molecule has 0 bridgehead atoms. The molecule has 52 valence electrons. The standard InChI is InChI=1S/C5H9NO3/c6-4-2(5(8)9)1-3(4)7/h2-4,7H,1,6H2,(H,8,9)/t2-,3+,4-/m0/s1. The van der Waals surface area contributed by atoms with E-state index in [-0.39, 0.29) is 0 Å². The van der Waals surface area contributed by atoms with Gasteiger partial charge in [-0.15, -0.1) is 0 Å². The highest BCUT2D eigenvalue weighted by atomic mass is 16.4. The van der Waals surface area contributed by atoms with Crippen molar-refractivity contribution >= 4 is 5.97 Å². The molecule has 1 fully saturated rings. The fourth-order valence-corrected chi connectivity index (χ4v) is 0.912. The first-order valence-corrected chi connectivity index (χ1v) is 2.79. The molecule has 0 aromatic carbocycles. The maximum atomic E-state index is 10.1. The second-order valence-electron chi connectivity index (χ2n) is 2.33. The number of nitrogens with two attached hydrogens (primary N) is 1. The van der Waals surface area contributed by atoms with Crippen molar-refractivity contribution in [1.29, 1.82) is 0 Å². The number of rotatable bonds is 1. The van der Waals surface area contributed by atoms with Crippen LogP contribution in [-0.4, -0.2) is 28.3 Å². The Hall–Kier alpha value is -0.610. The molecule has 1 aliphatic rings. The van der Waals surface area contributed by atoms with E-state index in [4.69, 9.17) is 15.9 Å². The molecular weight excluding hydrogens is 122 g/mol. The van der Waals surface area contributed by atoms with Crippen LogP contribution >= 0.6 is 0 Å². The van der Waals surface area contributed by atoms with E-state index in [2.05, 4.69) is 0 Å². The average molecular weight is 131 g/mol. The third-order valence-corrected chi connectivity index (χ3v) is 1.72. The second kappa shape index (κ2) is 1.97. The van der Waals surface area contributed by atoms with Crippen LogP contribution in [0.25, 0.3) is 0 Å². The van der Waals surface area contributed by atoms with Gasteiger partial charge in [0.1, 0.15) is 0 Å². The number of aliphatic hydroxyl groups excluding tert-OH is 1. The molecule has 0 aliphatic heterocycles. The van der Waals surface area contributed by atoms with E-state index in [1.165, 1.54) is 0 Å². The predicted octanol–water partition coefficient (Wildman–Crippen LogP) is -1.22. The first kappa shape index (κ1) is 6.51. The molecule has 0 heterocycles. The number of hydrogen-bond donors (Lipinski definition) is 3. The number of carboxylic acids is 1. The van der Waals surface area contributed by atoms with Gasteiger partial charge >= 0.3 is 5.97 Å². The van der Waals surface area contributed by atoms with Crippen molar-refractivity contribution in [3.8, 4) is 0 Å². The quantitative estimate of drug-likeness (QED) is 0.416. The molecule has 4 N–H and O–H groups in total. The van der Waals surface area contributed by atoms with Gasteiger partial charge in [-0.25, -0.2) is 0 Å². The van der Waals surface area contributed by atoms with Crippen molar-refractivity contribution in [1.82, 2.24) is 0 Å². The van der Waals surface area contributed by atoms with Gasteiger partial charge < -0.3 is 15.9 Å². The van der Waals surface area contributed by atoms with Crippen LogP contribution in [0.4, 0.5) is 0 Å². The topological polar surface area (TPSA) is 83.5 Å². The SMILES string of the molecule is N[C@@H]1[C@H](O)C[C@@H]1C(=O)O. The Kier molecular flexibility index (Phi) is 1.42. The van der Waals surface area contributed by atoms with Crippen molar-refractivity contribution < 1.29 is 15.0 Å². The second-order valence-corrected chi connectivity index (χ2v) is 2.33. The van der Waals surface area contributed by atoms with Crippen LogP contribution in [0.2, 0.25) is 0 Å². The first-order chi connectivity index (χ1) is 4.13. The first-order valence-electron chi connectivity index (χ1n) is 2.79. The summed E-state index contributed by atoms with van der Waals surface area (Å²) in [5.74, 6) is -1.44. The Morgan fingerprint density at radius 3 is 2.33 bits per heavy atom. The van der Waals surface area contributed by atoms with Crippen LogP contribution in [0.5, 0.6) is 0 Å². The maximum Gasteiger partial charge on any atom is 0.308 e. The minimum atomic E-state index is -0.909. The Balaban J connectivity index is 2.42. The zero-order valence-corrected chi connectivity index (χ0v) is 4.82. The van der Waals surface area contributed by atoms with E-state index < -0.39 is 24.0 Å². The predicted molar refractivity (Wildman–Crippen MR) is 29.7 cm³/mol. The number of carboxylic acid groups (broad SMARTS) is 1. The van der Waals surface area contributed by atoms with Gasteiger partial charge in [0, 0.05) is 6.04 Å². The minimum Gasteiger partial charge on any atom is -0.481 e. The zero-order valence-electron chi connectivity index (χ0n) is 4.82. The van der Waals surface area contributed by atoms with Crippen LogP contribution in [0, 0.1) is 5.92 Å². The van der Waals surface area contributed by atoms with Crippen molar-refractivity contribution in [3.05, 3.63) is 0 Å². The Morgan fingerprint density at radius 2 is 2.22 bits per heavy atom. The highest BCUT2D eigenvalue weighted by Gasteiger charge is 2.41. The minimum absolute atomic E-state index is 0.302. The van der Waals surface area contributed by atoms with E-state index in [0.717, 1.165) is 0 Å². The molecule has 4 nitrogen and oxygen atoms in total. The fraction of sp³-hybridized carbons (Fsp3) is 0.800. The lowest BCUT2D eigenvalue weighted by molar-refractivity contribution is -0.150. The lowest BCUT2D eigenvalue weighted by Crippen LogP contribution is -2.55. The van der Waals surface area contributed by atoms with Gasteiger partial charge in [-0.05, 0) is 6.42 Å². The average Bonchev–Trinajstić information content (AvgIpc) is 1.81. The summed E-state index contributed by atoms with van der Waals surface area (Å²) in [5.41, 5.74) is 5.24. The third kappa shape index (κ3) is 0.906. The molecule has 0 aromatic rings. The molecule has 0 spiro atoms. The zero-order chi connectivity index (χ0) is 7.02. The van der Waals surface area contributed by atoms with Crippen molar-refractivity contribution in [2.75, 3.05) is 0 Å². The van der Waals surface area contributed by atoms with E-state index >= 15 is 0 Å². The van der Waals surface area contributed by atoms with E-state index in [1.807, 2.05) is 0 Å². The highest BCUT2D eigenvalue weighted by molar-refractivity contribution is 5.72. The van der Waals surface area contributed by atoms with Crippen molar-refractivity contribution in [2.45, 2.75) is 18.6 Å². The summed E-state index contributed by atoms with van der Waals surface area (Å²) in [6, 6.07) is -0.553. The molecule has 1 rings (SSSR count). The molecule has 0 unspecified atom stereocenters. The summed E-state index contributed by atoms with van der Waals surface area (Å²) in [7, 11) is 0. The maximum absolute atomic E-state index is 10.1. The van der Waals surface area contributed by atoms with Crippen LogP contribution < -0.4 is 5.73 Å². The number of carbonyl (C=O) groups is 1. The molecule has 0 aromatic heterocycles. The highest BCUT2D eigenvalue weighted by Crippen LogP contribution is 2.25. The summed E-state index contributed by atoms with van der Waals surface area (Å²) in [4.78, 5) is 10.1. The van der Waals surface area contributed by atoms with Gasteiger partial charge in [0.15, 0.2) is 0 Å². The van der Waals surface area contributed by atoms with E-state index in [0.29, 0.717) is 6.42 Å². The van der Waals surface area contributed by atoms with Crippen LogP contribution in [0.1, 0.15) is 6.42 Å². The third-order valence-electron chi connectivity index (χ3n) is 1.72. The summed E-state index contributed by atoms with van der Waals surface area (Å²) in [6.45, 7) is 0. The van der Waals surface area contributed by atoms with E-state index in [1.54, 1.807) is 0 Å². The van der Waals surface area contributed by atoms with Crippen molar-refractivity contribution in [2.24, 2.45) is 11.7 Å². The normalized spacial score (nSPS) is 41.8. The summed E-state index contributed by atoms with van der Waals surface area (Å²) in [6.07, 6.45) is -0.303. The summed E-state index contributed by atoms with van der Waals surface area (Å²) < 4.78 is 0. The molecular formula is C5H9NO3. The molecule has 1 saturated carbocycles. The van der Waals surface area contributed by atoms with Crippen molar-refractivity contribution in [3.63, 3.8) is 0 Å². The van der Waals surface area contributed by atoms with Gasteiger partial charge in [-0.1, -0.05) is 0 Å². The molecule has 0 amide bonds. The lowest BCUT2D eigenvalue weighted by atomic mass is 9.77. The smallest absolute Gasteiger partial charge is 0.308 e. The monoisotopic (exact) mass is 131 g/mol. The molecule has 0 saturated heterocycles. The molecule has 1 aliphatic carbocycles. The van der Waals surface area contributed by atoms with E-state index in [9.17, 15) is 4.79 Å². The number of hydrogen-bond acceptors (Lipinski definition) is 3. The largest absolute Gasteiger partial charge is 0.481 e. The van der Waals surface area contributed by atoms with Crippen LogP contribution in [0.3, 0.4) is 0 Å². The number of aliphatic hydroxyl groups is 1. The lowest BCUT2D eigenvalue weighted by Gasteiger charge is -2.35. The van der Waals surface area contributed by atoms with Gasteiger partial charge in [0.2, 0.25) is 0 Å². The van der Waals surface area contributed by atoms with Gasteiger partial charge in [0.25, 0.3) is 0 Å². The Labute approximate surface area is 52.3 Å². The Morgan fingerprint density at radius 1 is 1.67 bits per heavy atom. The van der Waals surface area contributed by atoms with Crippen LogP contribution in [0.15, 0.2) is 0 Å². The number of aliphatic carboxylic acids is 1. The van der Waals surface area contributed by atoms with Crippen LogP contribution in [-0.2, 0) is 4.79 Å². The Bertz CT molecular complexity index is 136. The van der Waals surface area contributed by atoms with Gasteiger partial charge in [0.05, 0.1) is 12.0 Å².